The van der Waals surface area contributed by atoms with E-state index < -0.39 is 245 Å². The van der Waals surface area contributed by atoms with Crippen LogP contribution in [0.4, 0.5) is 0 Å². The number of amides is 16. The molecule has 47 heteroatoms. The topological polar surface area (TPSA) is 727 Å². The SMILES string of the molecule is CC[C@H](C)[C@@H]1NC(=O)[C@H](Cc2ccc(O)cc2)NC(=O)[C@H](CCCCN)NC(=O)[C@@H](NC(=O)[C@@H](NC(=O)[C@H](CC(=O)O)NC(=O)[C@H](Cc2ccc(O)cc2)NC(C)=O)[C@@H](C)CC)CSSC[C@@H](C(=O)N[C@@H](CCCNC(=N)N)C(=O)N[C@@H](C)C(=O)N[C@H](C(N)=O)C(C)C)NC(=O)[C@H](Cc2c[nH]cn2)NC(=O)[C@@H]2CCCN2C(=O)[C@H](CC(C)C)NC(=O)C(CCCNC(=N)N)NC1=O. The van der Waals surface area contributed by atoms with Crippen molar-refractivity contribution in [3.05, 3.63) is 77.9 Å². The van der Waals surface area contributed by atoms with Gasteiger partial charge in [0.15, 0.2) is 11.9 Å². The number of imidazole rings is 1. The highest BCUT2D eigenvalue weighted by Gasteiger charge is 2.44. The Bertz CT molecular complexity index is 4440. The van der Waals surface area contributed by atoms with E-state index in [0.29, 0.717) is 11.1 Å². The zero-order valence-corrected chi connectivity index (χ0v) is 77.7. The number of phenols is 2. The number of rotatable bonds is 41. The molecule has 0 spiro atoms. The van der Waals surface area contributed by atoms with Crippen LogP contribution in [0.15, 0.2) is 61.1 Å². The average Bonchev–Trinajstić information content (AvgIpc) is 1.66. The highest BCUT2D eigenvalue weighted by Crippen LogP contribution is 2.27. The minimum atomic E-state index is -1.95. The van der Waals surface area contributed by atoms with Gasteiger partial charge in [-0.2, -0.15) is 0 Å². The number of hydrogen-bond donors (Lipinski definition) is 26. The number of phenolic OH excluding ortho intramolecular Hbond substituents is 2. The van der Waals surface area contributed by atoms with E-state index in [1.807, 2.05) is 0 Å². The maximum Gasteiger partial charge on any atom is 0.305 e. The third-order valence-corrected chi connectivity index (χ3v) is 24.5. The van der Waals surface area contributed by atoms with Gasteiger partial charge < -0.3 is 133 Å². The number of carbonyl (C=O) groups excluding carboxylic acids is 16. The molecule has 730 valence electrons. The Morgan fingerprint density at radius 3 is 1.68 bits per heavy atom. The molecule has 2 aliphatic heterocycles. The normalized spacial score (nSPS) is 21.2. The molecule has 17 atom stereocenters. The zero-order valence-electron chi connectivity index (χ0n) is 76.1. The van der Waals surface area contributed by atoms with Gasteiger partial charge in [-0.05, 0) is 137 Å². The molecule has 2 aromatic carbocycles. The molecule has 3 aromatic rings. The van der Waals surface area contributed by atoms with Crippen molar-refractivity contribution in [2.45, 2.75) is 263 Å². The van der Waals surface area contributed by atoms with Crippen LogP contribution in [0.25, 0.3) is 0 Å². The van der Waals surface area contributed by atoms with Gasteiger partial charge in [0.2, 0.25) is 94.5 Å². The van der Waals surface area contributed by atoms with Crippen molar-refractivity contribution >= 4 is 134 Å². The van der Waals surface area contributed by atoms with Crippen LogP contribution < -0.4 is 108 Å². The summed E-state index contributed by atoms with van der Waals surface area (Å²) in [5, 5.41) is 88.3. The predicted octanol–water partition coefficient (Wildman–Crippen LogP) is -3.53. The molecule has 16 amide bonds. The fraction of sp³-hybridized carbons (Fsp3) is 0.600. The molecule has 2 saturated heterocycles. The maximum atomic E-state index is 15.6. The maximum absolute atomic E-state index is 15.6. The van der Waals surface area contributed by atoms with Gasteiger partial charge in [0, 0.05) is 63.5 Å². The van der Waals surface area contributed by atoms with Crippen molar-refractivity contribution in [3.63, 3.8) is 0 Å². The molecule has 5 rings (SSSR count). The molecular weight excluding hydrogens is 1760 g/mol. The highest BCUT2D eigenvalue weighted by molar-refractivity contribution is 8.76. The van der Waals surface area contributed by atoms with Gasteiger partial charge >= 0.3 is 5.97 Å². The average molecular weight is 1890 g/mol. The van der Waals surface area contributed by atoms with E-state index in [9.17, 15) is 48.9 Å². The number of hydrogen-bond acceptors (Lipinski definition) is 25. The van der Waals surface area contributed by atoms with Gasteiger partial charge in [0.1, 0.15) is 102 Å². The Morgan fingerprint density at radius 2 is 1.11 bits per heavy atom. The lowest BCUT2D eigenvalue weighted by atomic mass is 9.96. The van der Waals surface area contributed by atoms with Crippen LogP contribution in [-0.4, -0.2) is 271 Å². The van der Waals surface area contributed by atoms with Crippen molar-refractivity contribution in [1.82, 2.24) is 99.9 Å². The largest absolute Gasteiger partial charge is 0.508 e. The summed E-state index contributed by atoms with van der Waals surface area (Å²) in [5.41, 5.74) is 23.8. The molecular formula is C85H133N25O20S2. The zero-order chi connectivity index (χ0) is 98.2. The van der Waals surface area contributed by atoms with E-state index in [-0.39, 0.29) is 139 Å². The van der Waals surface area contributed by atoms with E-state index in [4.69, 9.17) is 33.8 Å². The molecule has 3 heterocycles. The van der Waals surface area contributed by atoms with E-state index >= 15 is 47.9 Å². The predicted molar refractivity (Wildman–Crippen MR) is 490 cm³/mol. The van der Waals surface area contributed by atoms with Gasteiger partial charge in [0.25, 0.3) is 0 Å². The number of nitrogens with zero attached hydrogens (tertiary/aromatic N) is 2. The van der Waals surface area contributed by atoms with E-state index in [0.717, 1.165) is 28.5 Å². The number of fused-ring (bicyclic) bond motifs is 1. The van der Waals surface area contributed by atoms with E-state index in [1.165, 1.54) is 79.8 Å². The summed E-state index contributed by atoms with van der Waals surface area (Å²) >= 11 is 0. The molecule has 1 aromatic heterocycles. The Morgan fingerprint density at radius 1 is 0.568 bits per heavy atom. The second-order valence-electron chi connectivity index (χ2n) is 33.7. The Kier molecular flexibility index (Phi) is 46.3. The van der Waals surface area contributed by atoms with Gasteiger partial charge in [0.05, 0.1) is 18.4 Å². The molecule has 0 aliphatic carbocycles. The van der Waals surface area contributed by atoms with Gasteiger partial charge in [-0.3, -0.25) is 92.3 Å². The van der Waals surface area contributed by atoms with E-state index in [2.05, 4.69) is 95.0 Å². The first-order chi connectivity index (χ1) is 62.4. The van der Waals surface area contributed by atoms with Crippen molar-refractivity contribution in [2.24, 2.45) is 46.6 Å². The summed E-state index contributed by atoms with van der Waals surface area (Å²) in [5.74, 6) is -21.7. The van der Waals surface area contributed by atoms with Gasteiger partial charge in [-0.1, -0.05) is 114 Å². The Labute approximate surface area is 774 Å². The van der Waals surface area contributed by atoms with Gasteiger partial charge in [-0.15, -0.1) is 0 Å². The number of H-pyrrole nitrogens is 1. The molecule has 45 nitrogen and oxygen atoms in total. The second-order valence-corrected chi connectivity index (χ2v) is 36.2. The Balaban J connectivity index is 1.77. The van der Waals surface area contributed by atoms with Crippen molar-refractivity contribution in [2.75, 3.05) is 37.7 Å². The summed E-state index contributed by atoms with van der Waals surface area (Å²) in [6.45, 7) is 15.7. The fourth-order valence-electron chi connectivity index (χ4n) is 14.3. The number of aromatic amines is 1. The monoisotopic (exact) mass is 1890 g/mol. The lowest BCUT2D eigenvalue weighted by Gasteiger charge is -2.32. The molecule has 2 fully saturated rings. The summed E-state index contributed by atoms with van der Waals surface area (Å²) in [6.07, 6.45) is 1.05. The van der Waals surface area contributed by atoms with Gasteiger partial charge in [-0.25, -0.2) is 4.98 Å². The second kappa shape index (κ2) is 55.6. The van der Waals surface area contributed by atoms with Crippen molar-refractivity contribution in [1.29, 1.82) is 10.8 Å². The summed E-state index contributed by atoms with van der Waals surface area (Å²) in [6, 6.07) is -12.4. The van der Waals surface area contributed by atoms with Crippen LogP contribution in [0.5, 0.6) is 11.5 Å². The number of carbonyl (C=O) groups is 17. The first kappa shape index (κ1) is 110. The fourth-order valence-corrected chi connectivity index (χ4v) is 16.6. The summed E-state index contributed by atoms with van der Waals surface area (Å²) in [4.78, 5) is 256. The van der Waals surface area contributed by atoms with Crippen LogP contribution >= 0.6 is 21.6 Å². The lowest BCUT2D eigenvalue weighted by Crippen LogP contribution is -2.62. The number of primary amides is 1. The lowest BCUT2D eigenvalue weighted by molar-refractivity contribution is -0.143. The molecule has 2 aliphatic rings. The molecule has 1 unspecified atom stereocenters. The molecule has 30 N–H and O–H groups in total. The summed E-state index contributed by atoms with van der Waals surface area (Å²) in [7, 11) is 1.55. The van der Waals surface area contributed by atoms with E-state index in [1.54, 1.807) is 48.5 Å². The quantitative estimate of drug-likeness (QED) is 0.0113. The third kappa shape index (κ3) is 37.4. The van der Waals surface area contributed by atoms with Crippen LogP contribution in [0, 0.1) is 34.5 Å². The number of aromatic nitrogens is 2. The number of guanidine groups is 2. The number of aliphatic carboxylic acids is 1. The standard InChI is InChI=1S/C85H133N25O20S2/c1-11-45(7)67-81(128)100-56(20-16-32-94-85(90)91)73(120)104-61(34-43(3)4)83(130)110-33-17-21-64(110)80(127)103-59(37-51-39-92-42-95-51)75(122)105-62(78(125)99-55(19-15-31-93-84(88)89)71(118)96-47(9)70(117)107-66(44(5)6)69(87)116)40-131-132-41-63(79(126)98-54(18-13-14-30-86)72(119)101-58(76(123)108-67)36-50-24-28-53(113)29-25-50)106-82(129)68(46(8)12-2)109-77(124)60(38-65(114)115)102-74(121)57(97-48(10)111)35-49-22-26-52(112)27-23-49/h22-29,39,42-47,54-64,66-68,112-113H,11-21,30-38,40-41,86H2,1-10H3,(H2,87,116)(H,92,95)(H,96,118)(H,97,111)(H,98,126)(H,99,125)(H,100,128)(H,101,119)(H,102,121)(H,103,127)(H,104,120)(H,105,122)(H,106,129)(H,107,117)(H,108,123)(H,109,124)(H,114,115)(H4,88,89,93)(H4,90,91,94)/t45-,46-,47-,54-,55-,56?,57-,58-,59-,60-,61-,62-,63-,64-,66-,67-,68-/m0/s1. The number of aromatic hydroxyl groups is 2. The van der Waals surface area contributed by atoms with Crippen LogP contribution in [0.3, 0.4) is 0 Å². The summed E-state index contributed by atoms with van der Waals surface area (Å²) < 4.78 is 0. The number of carboxylic acids is 1. The number of unbranched alkanes of at least 4 members (excludes halogenated alkanes) is 1. The molecule has 0 radical (unpaired) electrons. The first-order valence-corrected chi connectivity index (χ1v) is 46.6. The minimum Gasteiger partial charge on any atom is -0.508 e. The van der Waals surface area contributed by atoms with Crippen LogP contribution in [-0.2, 0) is 101 Å². The first-order valence-electron chi connectivity index (χ1n) is 44.1. The Hall–Kier alpha value is -12.6. The molecule has 0 bridgehead atoms. The number of nitrogens with two attached hydrogens (primary N) is 4. The smallest absolute Gasteiger partial charge is 0.305 e. The third-order valence-electron chi connectivity index (χ3n) is 22.1. The number of carboxylic acid groups (broad SMARTS) is 1. The van der Waals surface area contributed by atoms with Crippen LogP contribution in [0.2, 0.25) is 0 Å². The number of benzene rings is 2. The number of nitrogens with one attached hydrogen (secondary N) is 19. The van der Waals surface area contributed by atoms with Crippen molar-refractivity contribution in [3.8, 4) is 11.5 Å². The van der Waals surface area contributed by atoms with Crippen LogP contribution in [0.1, 0.15) is 170 Å². The molecule has 132 heavy (non-hydrogen) atoms. The highest BCUT2D eigenvalue weighted by atomic mass is 33.1. The van der Waals surface area contributed by atoms with Crippen molar-refractivity contribution < 1.29 is 96.8 Å². The minimum absolute atomic E-state index is 0.00376. The molecule has 0 saturated carbocycles.